The van der Waals surface area contributed by atoms with Crippen LogP contribution in [0.2, 0.25) is 5.02 Å². The monoisotopic (exact) mass is 304 g/mol. The molecule has 108 valence electrons. The molecule has 0 bridgehead atoms. The molecule has 0 unspecified atom stereocenters. The Labute approximate surface area is 126 Å². The number of carbonyl (C=O) groups is 1. The summed E-state index contributed by atoms with van der Waals surface area (Å²) in [5, 5.41) is 13.8. The van der Waals surface area contributed by atoms with Crippen LogP contribution in [0.1, 0.15) is 28.5 Å². The predicted octanol–water partition coefficient (Wildman–Crippen LogP) is 2.22. The molecule has 0 saturated heterocycles. The van der Waals surface area contributed by atoms with Crippen molar-refractivity contribution in [3.05, 3.63) is 46.1 Å². The number of benzene rings is 1. The summed E-state index contributed by atoms with van der Waals surface area (Å²) in [5.41, 5.74) is 6.59. The summed E-state index contributed by atoms with van der Waals surface area (Å²) in [5.74, 6) is -0.556. The second-order valence-electron chi connectivity index (χ2n) is 4.19. The van der Waals surface area contributed by atoms with E-state index in [1.165, 1.54) is 4.68 Å². The molecular formula is C14H13ClN4O2. The summed E-state index contributed by atoms with van der Waals surface area (Å²) in [4.78, 5) is 11.8. The van der Waals surface area contributed by atoms with Crippen LogP contribution in [0.15, 0.2) is 24.3 Å². The van der Waals surface area contributed by atoms with Gasteiger partial charge in [-0.05, 0) is 18.6 Å². The number of nitrogens with two attached hydrogens (primary N) is 1. The van der Waals surface area contributed by atoms with Gasteiger partial charge in [0.25, 0.3) is 0 Å². The van der Waals surface area contributed by atoms with Crippen LogP contribution >= 0.6 is 11.6 Å². The van der Waals surface area contributed by atoms with Gasteiger partial charge in [-0.25, -0.2) is 9.48 Å². The van der Waals surface area contributed by atoms with Crippen molar-refractivity contribution in [1.29, 1.82) is 5.26 Å². The van der Waals surface area contributed by atoms with Gasteiger partial charge < -0.3 is 10.5 Å². The zero-order chi connectivity index (χ0) is 15.4. The molecule has 7 heteroatoms. The van der Waals surface area contributed by atoms with Crippen molar-refractivity contribution >= 4 is 23.4 Å². The van der Waals surface area contributed by atoms with Crippen molar-refractivity contribution in [2.75, 3.05) is 12.3 Å². The first-order valence-corrected chi connectivity index (χ1v) is 6.63. The summed E-state index contributed by atoms with van der Waals surface area (Å²) in [6, 6.07) is 9.09. The van der Waals surface area contributed by atoms with Crippen molar-refractivity contribution in [2.45, 2.75) is 13.5 Å². The van der Waals surface area contributed by atoms with Crippen LogP contribution in [0.3, 0.4) is 0 Å². The molecule has 1 heterocycles. The van der Waals surface area contributed by atoms with E-state index in [2.05, 4.69) is 5.10 Å². The molecule has 0 amide bonds. The topological polar surface area (TPSA) is 93.9 Å². The van der Waals surface area contributed by atoms with E-state index in [1.807, 2.05) is 24.3 Å². The summed E-state index contributed by atoms with van der Waals surface area (Å²) in [6.07, 6.45) is 0. The maximum Gasteiger partial charge on any atom is 0.360 e. The van der Waals surface area contributed by atoms with Crippen LogP contribution in [0.5, 0.6) is 0 Å². The minimum atomic E-state index is -0.668. The quantitative estimate of drug-likeness (QED) is 0.874. The van der Waals surface area contributed by atoms with E-state index in [-0.39, 0.29) is 30.2 Å². The number of ether oxygens (including phenoxy) is 1. The van der Waals surface area contributed by atoms with Crippen molar-refractivity contribution in [3.63, 3.8) is 0 Å². The zero-order valence-corrected chi connectivity index (χ0v) is 12.1. The number of nitriles is 1. The predicted molar refractivity (Wildman–Crippen MR) is 77.9 cm³/mol. The lowest BCUT2D eigenvalue weighted by Gasteiger charge is -2.05. The molecule has 0 aliphatic rings. The fourth-order valence-electron chi connectivity index (χ4n) is 1.84. The second-order valence-corrected chi connectivity index (χ2v) is 4.60. The molecule has 0 saturated carbocycles. The largest absolute Gasteiger partial charge is 0.461 e. The van der Waals surface area contributed by atoms with Gasteiger partial charge in [-0.2, -0.15) is 10.4 Å². The smallest absolute Gasteiger partial charge is 0.360 e. The van der Waals surface area contributed by atoms with Crippen LogP contribution in [0, 0.1) is 11.3 Å². The molecule has 21 heavy (non-hydrogen) atoms. The number of carbonyl (C=O) groups excluding carboxylic acids is 1. The Morgan fingerprint density at radius 1 is 1.52 bits per heavy atom. The molecule has 1 aromatic heterocycles. The third-order valence-electron chi connectivity index (χ3n) is 2.85. The van der Waals surface area contributed by atoms with Crippen LogP contribution in [0.25, 0.3) is 0 Å². The van der Waals surface area contributed by atoms with E-state index in [4.69, 9.17) is 27.3 Å². The summed E-state index contributed by atoms with van der Waals surface area (Å²) >= 11 is 6.08. The van der Waals surface area contributed by atoms with Gasteiger partial charge in [-0.1, -0.05) is 29.8 Å². The van der Waals surface area contributed by atoms with Gasteiger partial charge in [0.2, 0.25) is 0 Å². The Kier molecular flexibility index (Phi) is 4.45. The Hall–Kier alpha value is -2.52. The van der Waals surface area contributed by atoms with Crippen LogP contribution < -0.4 is 5.73 Å². The number of hydrogen-bond acceptors (Lipinski definition) is 5. The summed E-state index contributed by atoms with van der Waals surface area (Å²) in [7, 11) is 0. The van der Waals surface area contributed by atoms with Gasteiger partial charge in [0.15, 0.2) is 5.69 Å². The molecule has 0 radical (unpaired) electrons. The number of halogens is 1. The molecule has 0 atom stereocenters. The van der Waals surface area contributed by atoms with E-state index in [9.17, 15) is 4.79 Å². The van der Waals surface area contributed by atoms with E-state index in [1.54, 1.807) is 13.0 Å². The molecule has 0 fully saturated rings. The lowest BCUT2D eigenvalue weighted by Crippen LogP contribution is -2.09. The molecular weight excluding hydrogens is 292 g/mol. The molecule has 0 aliphatic carbocycles. The Bertz CT molecular complexity index is 718. The second kappa shape index (κ2) is 6.29. The maximum atomic E-state index is 11.8. The lowest BCUT2D eigenvalue weighted by atomic mass is 10.2. The molecule has 2 aromatic rings. The minimum Gasteiger partial charge on any atom is -0.461 e. The van der Waals surface area contributed by atoms with Gasteiger partial charge in [-0.15, -0.1) is 0 Å². The normalized spacial score (nSPS) is 10.1. The fraction of sp³-hybridized carbons (Fsp3) is 0.214. The number of aromatic nitrogens is 2. The van der Waals surface area contributed by atoms with Gasteiger partial charge >= 0.3 is 5.97 Å². The third-order valence-corrected chi connectivity index (χ3v) is 3.22. The first kappa shape index (κ1) is 14.9. The SMILES string of the molecule is CCOC(=O)c1nn(Cc2ccccc2Cl)c(N)c1C#N. The average molecular weight is 305 g/mol. The minimum absolute atomic E-state index is 0.0144. The molecule has 1 aromatic carbocycles. The van der Waals surface area contributed by atoms with Gasteiger partial charge in [0, 0.05) is 5.02 Å². The summed E-state index contributed by atoms with van der Waals surface area (Å²) in [6.45, 7) is 2.13. The number of anilines is 1. The number of esters is 1. The van der Waals surface area contributed by atoms with Crippen molar-refractivity contribution < 1.29 is 9.53 Å². The number of rotatable bonds is 4. The van der Waals surface area contributed by atoms with Gasteiger partial charge in [0.05, 0.1) is 13.2 Å². The van der Waals surface area contributed by atoms with E-state index in [0.717, 1.165) is 5.56 Å². The van der Waals surface area contributed by atoms with E-state index >= 15 is 0 Å². The van der Waals surface area contributed by atoms with Crippen molar-refractivity contribution in [3.8, 4) is 6.07 Å². The highest BCUT2D eigenvalue weighted by Crippen LogP contribution is 2.21. The van der Waals surface area contributed by atoms with E-state index < -0.39 is 5.97 Å². The Morgan fingerprint density at radius 2 is 2.24 bits per heavy atom. The molecule has 0 spiro atoms. The zero-order valence-electron chi connectivity index (χ0n) is 11.3. The number of nitrogens with zero attached hydrogens (tertiary/aromatic N) is 3. The maximum absolute atomic E-state index is 11.8. The highest BCUT2D eigenvalue weighted by atomic mass is 35.5. The van der Waals surface area contributed by atoms with Crippen molar-refractivity contribution in [2.24, 2.45) is 0 Å². The first-order valence-electron chi connectivity index (χ1n) is 6.25. The summed E-state index contributed by atoms with van der Waals surface area (Å²) < 4.78 is 6.23. The number of hydrogen-bond donors (Lipinski definition) is 1. The molecule has 6 nitrogen and oxygen atoms in total. The average Bonchev–Trinajstić information content (AvgIpc) is 2.78. The standard InChI is InChI=1S/C14H13ClN4O2/c1-2-21-14(20)12-10(7-16)13(17)19(18-12)8-9-5-3-4-6-11(9)15/h3-6H,2,8,17H2,1H3. The highest BCUT2D eigenvalue weighted by Gasteiger charge is 2.22. The Morgan fingerprint density at radius 3 is 2.86 bits per heavy atom. The fourth-order valence-corrected chi connectivity index (χ4v) is 2.03. The molecule has 0 aliphatic heterocycles. The van der Waals surface area contributed by atoms with Crippen LogP contribution in [-0.4, -0.2) is 22.4 Å². The Balaban J connectivity index is 2.40. The molecule has 2 rings (SSSR count). The first-order chi connectivity index (χ1) is 10.1. The van der Waals surface area contributed by atoms with Gasteiger partial charge in [-0.3, -0.25) is 0 Å². The van der Waals surface area contributed by atoms with E-state index in [0.29, 0.717) is 5.02 Å². The molecule has 2 N–H and O–H groups in total. The number of nitrogen functional groups attached to an aromatic ring is 1. The third kappa shape index (κ3) is 2.98. The van der Waals surface area contributed by atoms with Crippen LogP contribution in [0.4, 0.5) is 5.82 Å². The van der Waals surface area contributed by atoms with Crippen LogP contribution in [-0.2, 0) is 11.3 Å². The van der Waals surface area contributed by atoms with Gasteiger partial charge in [0.1, 0.15) is 17.5 Å². The highest BCUT2D eigenvalue weighted by molar-refractivity contribution is 6.31. The van der Waals surface area contributed by atoms with Crippen molar-refractivity contribution in [1.82, 2.24) is 9.78 Å². The lowest BCUT2D eigenvalue weighted by molar-refractivity contribution is 0.0518.